The van der Waals surface area contributed by atoms with E-state index in [1.165, 1.54) is 128 Å². The van der Waals surface area contributed by atoms with E-state index in [2.05, 4.69) is 19.1 Å². The van der Waals surface area contributed by atoms with Crippen LogP contribution in [0.5, 0.6) is 0 Å². The van der Waals surface area contributed by atoms with Crippen molar-refractivity contribution in [2.45, 2.75) is 160 Å². The van der Waals surface area contributed by atoms with E-state index in [0.29, 0.717) is 4.48 Å². The summed E-state index contributed by atoms with van der Waals surface area (Å²) in [6.45, 7) is 2.29. The fourth-order valence-electron chi connectivity index (χ4n) is 4.77. The van der Waals surface area contributed by atoms with E-state index in [4.69, 9.17) is 0 Å². The highest BCUT2D eigenvalue weighted by atomic mass is 31.1. The normalized spacial score (nSPS) is 13.6. The molecule has 34 heavy (non-hydrogen) atoms. The number of hydrogen-bond acceptors (Lipinski definition) is 2. The van der Waals surface area contributed by atoms with Crippen LogP contribution >= 0.6 is 8.03 Å². The van der Waals surface area contributed by atoms with Gasteiger partial charge in [0.25, 0.3) is 5.78 Å². The van der Waals surface area contributed by atoms with Crippen molar-refractivity contribution in [2.75, 3.05) is 21.1 Å². The molecule has 0 fully saturated rings. The van der Waals surface area contributed by atoms with Crippen LogP contribution in [-0.2, 0) is 4.57 Å². The van der Waals surface area contributed by atoms with Gasteiger partial charge in [-0.1, -0.05) is 139 Å². The molecule has 0 rings (SSSR count). The Morgan fingerprint density at radius 2 is 0.912 bits per heavy atom. The van der Waals surface area contributed by atoms with Gasteiger partial charge in [-0.15, -0.1) is 0 Å². The van der Waals surface area contributed by atoms with Crippen LogP contribution in [0.15, 0.2) is 12.2 Å². The molecule has 2 unspecified atom stereocenters. The molecule has 0 heterocycles. The number of rotatable bonds is 26. The fraction of sp³-hybridized carbons (Fsp3) is 0.933. The van der Waals surface area contributed by atoms with Crippen LogP contribution in [0.1, 0.15) is 155 Å². The average Bonchev–Trinajstić information content (AvgIpc) is 2.78. The maximum absolute atomic E-state index is 11.4. The Morgan fingerprint density at radius 3 is 1.24 bits per heavy atom. The molecule has 0 saturated heterocycles. The molecule has 0 bridgehead atoms. The predicted molar refractivity (Wildman–Crippen MR) is 150 cm³/mol. The van der Waals surface area contributed by atoms with Crippen molar-refractivity contribution in [1.29, 1.82) is 0 Å². The van der Waals surface area contributed by atoms with Gasteiger partial charge in [0.15, 0.2) is 0 Å². The second-order valence-corrected chi connectivity index (χ2v) is 12.6. The largest absolute Gasteiger partial charge is 0.591 e. The lowest BCUT2D eigenvalue weighted by Gasteiger charge is -2.27. The van der Waals surface area contributed by atoms with Crippen LogP contribution < -0.4 is 4.89 Å². The van der Waals surface area contributed by atoms with Gasteiger partial charge in [-0.05, 0) is 25.7 Å². The van der Waals surface area contributed by atoms with Crippen LogP contribution in [0, 0.1) is 0 Å². The van der Waals surface area contributed by atoms with E-state index in [9.17, 15) is 9.46 Å². The van der Waals surface area contributed by atoms with Gasteiger partial charge in [0.2, 0.25) is 0 Å². The van der Waals surface area contributed by atoms with Crippen molar-refractivity contribution in [2.24, 2.45) is 0 Å². The Hall–Kier alpha value is -0.240. The quantitative estimate of drug-likeness (QED) is 0.0515. The molecule has 2 atom stereocenters. The van der Waals surface area contributed by atoms with Crippen molar-refractivity contribution >= 4 is 8.03 Å². The van der Waals surface area contributed by atoms with E-state index in [1.807, 2.05) is 21.1 Å². The number of hydrogen-bond donors (Lipinski definition) is 0. The van der Waals surface area contributed by atoms with Crippen molar-refractivity contribution in [3.05, 3.63) is 12.2 Å². The third-order valence-electron chi connectivity index (χ3n) is 7.11. The third-order valence-corrected chi connectivity index (χ3v) is 8.55. The molecule has 202 valence electrons. The van der Waals surface area contributed by atoms with E-state index in [0.717, 1.165) is 19.3 Å². The van der Waals surface area contributed by atoms with Crippen LogP contribution in [0.25, 0.3) is 0 Å². The number of quaternary nitrogens is 1. The van der Waals surface area contributed by atoms with Gasteiger partial charge in [-0.25, -0.2) is 0 Å². The number of allylic oxidation sites excluding steroid dienone is 2. The monoisotopic (exact) mass is 498 g/mol. The Kier molecular flexibility index (Phi) is 24.3. The first kappa shape index (κ1) is 33.8. The summed E-state index contributed by atoms with van der Waals surface area (Å²) in [5.74, 6) is -0.261. The zero-order valence-corrected chi connectivity index (χ0v) is 24.6. The minimum absolute atomic E-state index is 0.261. The highest BCUT2D eigenvalue weighted by Crippen LogP contribution is 2.28. The van der Waals surface area contributed by atoms with E-state index < -0.39 is 8.03 Å². The zero-order chi connectivity index (χ0) is 25.3. The van der Waals surface area contributed by atoms with Crippen LogP contribution in [-0.4, -0.2) is 31.4 Å². The summed E-state index contributed by atoms with van der Waals surface area (Å²) in [6, 6.07) is 0. The molecule has 0 N–H and O–H groups in total. The van der Waals surface area contributed by atoms with Gasteiger partial charge in [0.1, 0.15) is 0 Å². The van der Waals surface area contributed by atoms with E-state index in [1.54, 1.807) is 0 Å². The average molecular weight is 499 g/mol. The summed E-state index contributed by atoms with van der Waals surface area (Å²) in [5, 5.41) is 0. The Balaban J connectivity index is 3.27. The summed E-state index contributed by atoms with van der Waals surface area (Å²) in [6.07, 6.45) is 35.5. The molecule has 0 aromatic heterocycles. The Labute approximate surface area is 215 Å². The third kappa shape index (κ3) is 23.5. The molecule has 0 radical (unpaired) electrons. The SMILES string of the molecule is CCCCCCCCCCCCCCCCCCCCC/C=C\CCCC([P+](=O)[O-])[N+](C)(C)C. The lowest BCUT2D eigenvalue weighted by Crippen LogP contribution is -2.44. The lowest BCUT2D eigenvalue weighted by molar-refractivity contribution is -0.883. The number of unbranched alkanes of at least 4 members (excludes halogenated alkanes) is 20. The first-order valence-electron chi connectivity index (χ1n) is 15.0. The first-order chi connectivity index (χ1) is 16.4. The van der Waals surface area contributed by atoms with Crippen molar-refractivity contribution < 1.29 is 13.9 Å². The minimum atomic E-state index is -2.35. The topological polar surface area (TPSA) is 40.1 Å². The molecule has 0 amide bonds. The highest BCUT2D eigenvalue weighted by molar-refractivity contribution is 7.37. The molecule has 0 spiro atoms. The van der Waals surface area contributed by atoms with Crippen molar-refractivity contribution in [3.8, 4) is 0 Å². The van der Waals surface area contributed by atoms with Crippen LogP contribution in [0.4, 0.5) is 0 Å². The summed E-state index contributed by atoms with van der Waals surface area (Å²) < 4.78 is 11.9. The van der Waals surface area contributed by atoms with Crippen LogP contribution in [0.3, 0.4) is 0 Å². The second-order valence-electron chi connectivity index (χ2n) is 11.4. The summed E-state index contributed by atoms with van der Waals surface area (Å²) in [4.78, 5) is 11.4. The minimum Gasteiger partial charge on any atom is -0.591 e. The van der Waals surface area contributed by atoms with Gasteiger partial charge in [0, 0.05) is 6.42 Å². The van der Waals surface area contributed by atoms with Crippen LogP contribution in [0.2, 0.25) is 0 Å². The number of nitrogens with zero attached hydrogens (tertiary/aromatic N) is 1. The van der Waals surface area contributed by atoms with Crippen molar-refractivity contribution in [1.82, 2.24) is 0 Å². The van der Waals surface area contributed by atoms with Crippen molar-refractivity contribution in [3.63, 3.8) is 0 Å². The molecule has 0 aliphatic heterocycles. The summed E-state index contributed by atoms with van der Waals surface area (Å²) in [5.41, 5.74) is 0. The molecule has 3 nitrogen and oxygen atoms in total. The lowest BCUT2D eigenvalue weighted by atomic mass is 10.0. The van der Waals surface area contributed by atoms with E-state index >= 15 is 0 Å². The van der Waals surface area contributed by atoms with Gasteiger partial charge in [-0.2, -0.15) is 0 Å². The summed E-state index contributed by atoms with van der Waals surface area (Å²) in [7, 11) is 3.54. The fourth-order valence-corrected chi connectivity index (χ4v) is 5.73. The van der Waals surface area contributed by atoms with E-state index in [-0.39, 0.29) is 5.78 Å². The Bertz CT molecular complexity index is 473. The molecular formula is C30H61NO2P+. The molecule has 4 heteroatoms. The second kappa shape index (κ2) is 24.5. The molecule has 0 saturated carbocycles. The maximum Gasteiger partial charge on any atom is 0.373 e. The standard InChI is InChI=1S/C30H61NO2P/c1-5-6-7-8-9-10-11-12-13-14-15-16-17-18-19-20-21-22-23-24-25-26-27-28-29-30(34(32)33)31(2,3)4/h25-26,30H,5-24,27-29H2,1-4H3/q+1/b26-25-. The molecular weight excluding hydrogens is 437 g/mol. The highest BCUT2D eigenvalue weighted by Gasteiger charge is 2.34. The molecule has 0 aromatic carbocycles. The molecule has 0 aliphatic rings. The first-order valence-corrected chi connectivity index (χ1v) is 16.2. The molecule has 0 aromatic rings. The van der Waals surface area contributed by atoms with Gasteiger partial charge < -0.3 is 4.89 Å². The van der Waals surface area contributed by atoms with Gasteiger partial charge >= 0.3 is 8.03 Å². The maximum atomic E-state index is 11.4. The zero-order valence-electron chi connectivity index (χ0n) is 23.7. The summed E-state index contributed by atoms with van der Waals surface area (Å²) >= 11 is 0. The van der Waals surface area contributed by atoms with Gasteiger partial charge in [-0.3, -0.25) is 4.48 Å². The smallest absolute Gasteiger partial charge is 0.373 e. The predicted octanol–water partition coefficient (Wildman–Crippen LogP) is 9.67. The van der Waals surface area contributed by atoms with Gasteiger partial charge in [0.05, 0.1) is 21.1 Å². The molecule has 0 aliphatic carbocycles. The Morgan fingerprint density at radius 1 is 0.588 bits per heavy atom.